The van der Waals surface area contributed by atoms with Gasteiger partial charge in [-0.25, -0.2) is 0 Å². The summed E-state index contributed by atoms with van der Waals surface area (Å²) in [5, 5.41) is 7.14. The third-order valence-electron chi connectivity index (χ3n) is 1.15. The fourth-order valence-electron chi connectivity index (χ4n) is 0.571. The molecular weight excluding hydrogens is 181 g/mol. The molecule has 0 bridgehead atoms. The Bertz CT molecular complexity index is 238. The Kier molecular flexibility index (Phi) is 4.31. The zero-order valence-electron chi connectivity index (χ0n) is 7.29. The van der Waals surface area contributed by atoms with Crippen LogP contribution in [0.4, 0.5) is 0 Å². The van der Waals surface area contributed by atoms with Crippen LogP contribution in [0.25, 0.3) is 0 Å². The van der Waals surface area contributed by atoms with E-state index in [2.05, 4.69) is 9.05 Å². The molecule has 0 saturated heterocycles. The van der Waals surface area contributed by atoms with Gasteiger partial charge in [-0.1, -0.05) is 0 Å². The first-order valence-electron chi connectivity index (χ1n) is 3.38. The first kappa shape index (κ1) is 11.5. The number of hydrogen-bond donors (Lipinski definition) is 1. The summed E-state index contributed by atoms with van der Waals surface area (Å²) in [4.78, 5) is 10.7. The minimum absolute atomic E-state index is 0.140. The van der Waals surface area contributed by atoms with Gasteiger partial charge in [0.2, 0.25) is 0 Å². The van der Waals surface area contributed by atoms with E-state index in [1.165, 1.54) is 0 Å². The predicted molar refractivity (Wildman–Crippen MR) is 44.6 cm³/mol. The molecule has 0 aliphatic heterocycles. The number of carbonyl (C=O) groups is 1. The lowest BCUT2D eigenvalue weighted by Crippen LogP contribution is -2.12. The molecule has 0 radical (unpaired) electrons. The first-order valence-corrected chi connectivity index (χ1v) is 4.92. The van der Waals surface area contributed by atoms with Crippen molar-refractivity contribution in [2.75, 3.05) is 13.7 Å². The average Bonchev–Trinajstić information content (AvgIpc) is 2.03. The second kappa shape index (κ2) is 4.50. The Hall–Kier alpha value is -0.510. The lowest BCUT2D eigenvalue weighted by Gasteiger charge is -2.13. The van der Waals surface area contributed by atoms with Crippen LogP contribution in [-0.2, 0) is 18.4 Å². The van der Waals surface area contributed by atoms with Crippen molar-refractivity contribution in [3.05, 3.63) is 0 Å². The maximum Gasteiger partial charge on any atom is 0.382 e. The van der Waals surface area contributed by atoms with Crippen LogP contribution in [-0.4, -0.2) is 25.0 Å². The van der Waals surface area contributed by atoms with Crippen LogP contribution in [0.15, 0.2) is 0 Å². The van der Waals surface area contributed by atoms with Gasteiger partial charge in [-0.15, -0.1) is 0 Å². The normalized spacial score (nSPS) is 15.2. The first-order chi connectivity index (χ1) is 5.48. The monoisotopic (exact) mass is 193 g/mol. The zero-order chi connectivity index (χ0) is 9.78. The molecule has 0 heterocycles. The summed E-state index contributed by atoms with van der Waals surface area (Å²) in [6.07, 6.45) is 0. The fraction of sp³-hybridized carbons (Fsp3) is 0.667. The van der Waals surface area contributed by atoms with E-state index < -0.39 is 18.8 Å². The van der Waals surface area contributed by atoms with Crippen LogP contribution in [0.1, 0.15) is 13.8 Å². The molecular formula is C6H12NO4P. The molecule has 12 heavy (non-hydrogen) atoms. The van der Waals surface area contributed by atoms with E-state index in [0.717, 1.165) is 14.0 Å². The summed E-state index contributed by atoms with van der Waals surface area (Å²) in [5.41, 5.74) is -0.605. The second-order valence-corrected chi connectivity index (χ2v) is 4.07. The molecule has 0 aromatic rings. The molecule has 0 aromatic carbocycles. The van der Waals surface area contributed by atoms with Gasteiger partial charge in [-0.2, -0.15) is 0 Å². The largest absolute Gasteiger partial charge is 0.382 e. The Morgan fingerprint density at radius 1 is 1.58 bits per heavy atom. The Balaban J connectivity index is 4.64. The molecule has 0 amide bonds. The van der Waals surface area contributed by atoms with E-state index in [0.29, 0.717) is 0 Å². The van der Waals surface area contributed by atoms with Crippen molar-refractivity contribution in [1.29, 1.82) is 5.41 Å². The molecule has 6 heteroatoms. The highest BCUT2D eigenvalue weighted by Crippen LogP contribution is 2.48. The van der Waals surface area contributed by atoms with Gasteiger partial charge in [0.05, 0.1) is 6.61 Å². The minimum Gasteiger partial charge on any atom is -0.307 e. The summed E-state index contributed by atoms with van der Waals surface area (Å²) in [5.74, 6) is -0.603. The standard InChI is InChI=1S/C6H12NO4P/c1-4-11-12(9,10-3)6(7)5(2)8/h7H,4H2,1-3H3. The van der Waals surface area contributed by atoms with Crippen LogP contribution in [0.5, 0.6) is 0 Å². The van der Waals surface area contributed by atoms with E-state index in [4.69, 9.17) is 5.41 Å². The molecule has 1 unspecified atom stereocenters. The molecule has 0 rings (SSSR count). The van der Waals surface area contributed by atoms with E-state index in [-0.39, 0.29) is 6.61 Å². The van der Waals surface area contributed by atoms with Gasteiger partial charge in [0.25, 0.3) is 0 Å². The van der Waals surface area contributed by atoms with Gasteiger partial charge < -0.3 is 9.05 Å². The number of rotatable bonds is 5. The van der Waals surface area contributed by atoms with Crippen LogP contribution < -0.4 is 0 Å². The molecule has 0 saturated carbocycles. The molecule has 0 aliphatic carbocycles. The predicted octanol–water partition coefficient (Wildman–Crippen LogP) is 1.43. The van der Waals surface area contributed by atoms with Crippen molar-refractivity contribution in [3.8, 4) is 0 Å². The maximum atomic E-state index is 11.4. The maximum absolute atomic E-state index is 11.4. The fourth-order valence-corrected chi connectivity index (χ4v) is 1.71. The quantitative estimate of drug-likeness (QED) is 0.529. The summed E-state index contributed by atoms with van der Waals surface area (Å²) < 4.78 is 20.6. The molecule has 70 valence electrons. The summed E-state index contributed by atoms with van der Waals surface area (Å²) in [6, 6.07) is 0. The minimum atomic E-state index is -3.61. The lowest BCUT2D eigenvalue weighted by atomic mass is 10.5. The highest BCUT2D eigenvalue weighted by atomic mass is 31.2. The van der Waals surface area contributed by atoms with Gasteiger partial charge in [-0.3, -0.25) is 14.8 Å². The van der Waals surface area contributed by atoms with Gasteiger partial charge in [0, 0.05) is 14.0 Å². The van der Waals surface area contributed by atoms with E-state index in [1.807, 2.05) is 0 Å². The lowest BCUT2D eigenvalue weighted by molar-refractivity contribution is -0.110. The van der Waals surface area contributed by atoms with Crippen LogP contribution >= 0.6 is 7.60 Å². The van der Waals surface area contributed by atoms with Gasteiger partial charge in [0.15, 0.2) is 11.2 Å². The summed E-state index contributed by atoms with van der Waals surface area (Å²) in [7, 11) is -2.47. The van der Waals surface area contributed by atoms with Crippen LogP contribution in [0, 0.1) is 5.41 Å². The molecule has 0 aromatic heterocycles. The van der Waals surface area contributed by atoms with Gasteiger partial charge in [0.1, 0.15) is 0 Å². The highest BCUT2D eigenvalue weighted by Gasteiger charge is 2.32. The number of nitrogens with one attached hydrogen (secondary N) is 1. The Labute approximate surface area is 71.1 Å². The molecule has 5 nitrogen and oxygen atoms in total. The highest BCUT2D eigenvalue weighted by molar-refractivity contribution is 7.75. The van der Waals surface area contributed by atoms with E-state index in [1.54, 1.807) is 6.92 Å². The summed E-state index contributed by atoms with van der Waals surface area (Å²) >= 11 is 0. The molecule has 0 aliphatic rings. The van der Waals surface area contributed by atoms with Gasteiger partial charge >= 0.3 is 7.60 Å². The molecule has 0 spiro atoms. The third kappa shape index (κ3) is 2.52. The van der Waals surface area contributed by atoms with Crippen molar-refractivity contribution < 1.29 is 18.4 Å². The smallest absolute Gasteiger partial charge is 0.307 e. The number of hydrogen-bond acceptors (Lipinski definition) is 5. The van der Waals surface area contributed by atoms with Crippen LogP contribution in [0.2, 0.25) is 0 Å². The SMILES string of the molecule is CCOP(=O)(OC)C(=N)C(C)=O. The van der Waals surface area contributed by atoms with Crippen molar-refractivity contribution in [2.45, 2.75) is 13.8 Å². The zero-order valence-corrected chi connectivity index (χ0v) is 8.18. The molecule has 1 N–H and O–H groups in total. The van der Waals surface area contributed by atoms with Crippen LogP contribution in [0.3, 0.4) is 0 Å². The molecule has 0 fully saturated rings. The van der Waals surface area contributed by atoms with Crippen molar-refractivity contribution >= 4 is 18.8 Å². The van der Waals surface area contributed by atoms with Crippen molar-refractivity contribution in [3.63, 3.8) is 0 Å². The topological polar surface area (TPSA) is 76.5 Å². The Morgan fingerprint density at radius 2 is 2.08 bits per heavy atom. The van der Waals surface area contributed by atoms with Crippen molar-refractivity contribution in [1.82, 2.24) is 0 Å². The number of Topliss-reactive ketones (excluding diaryl/α,β-unsaturated/α-hetero) is 1. The van der Waals surface area contributed by atoms with Gasteiger partial charge in [-0.05, 0) is 6.92 Å². The second-order valence-electron chi connectivity index (χ2n) is 2.00. The molecule has 1 atom stereocenters. The third-order valence-corrected chi connectivity index (χ3v) is 3.09. The number of ketones is 1. The van der Waals surface area contributed by atoms with E-state index in [9.17, 15) is 9.36 Å². The Morgan fingerprint density at radius 3 is 2.33 bits per heavy atom. The average molecular weight is 193 g/mol. The summed E-state index contributed by atoms with van der Waals surface area (Å²) in [6.45, 7) is 2.90. The van der Waals surface area contributed by atoms with E-state index >= 15 is 0 Å². The van der Waals surface area contributed by atoms with Crippen molar-refractivity contribution in [2.24, 2.45) is 0 Å². The number of carbonyl (C=O) groups excluding carboxylic acids is 1.